The first-order chi connectivity index (χ1) is 14.2. The fourth-order valence-electron chi connectivity index (χ4n) is 4.25. The van der Waals surface area contributed by atoms with Gasteiger partial charge in [0.25, 0.3) is 5.91 Å². The first-order valence-corrected chi connectivity index (χ1v) is 10.7. The lowest BCUT2D eigenvalue weighted by Crippen LogP contribution is -2.37. The summed E-state index contributed by atoms with van der Waals surface area (Å²) in [7, 11) is 0. The first kappa shape index (κ1) is 19.5. The highest BCUT2D eigenvalue weighted by Gasteiger charge is 2.19. The lowest BCUT2D eigenvalue weighted by atomic mass is 9.91. The van der Waals surface area contributed by atoms with Crippen LogP contribution in [0.5, 0.6) is 5.75 Å². The normalized spacial score (nSPS) is 14.2. The molecule has 3 aromatic carbocycles. The predicted octanol–water partition coefficient (Wildman–Crippen LogP) is 5.23. The molecule has 3 heteroatoms. The van der Waals surface area contributed by atoms with E-state index in [1.165, 1.54) is 40.3 Å². The summed E-state index contributed by atoms with van der Waals surface area (Å²) < 4.78 is 6.04. The van der Waals surface area contributed by atoms with Gasteiger partial charge in [-0.2, -0.15) is 0 Å². The van der Waals surface area contributed by atoms with E-state index in [2.05, 4.69) is 53.8 Å². The Hall–Kier alpha value is -2.81. The van der Waals surface area contributed by atoms with Gasteiger partial charge in [0, 0.05) is 6.54 Å². The highest BCUT2D eigenvalue weighted by molar-refractivity contribution is 5.85. The molecule has 1 aliphatic rings. The zero-order chi connectivity index (χ0) is 20.1. The maximum absolute atomic E-state index is 12.5. The van der Waals surface area contributed by atoms with Crippen LogP contribution in [0.4, 0.5) is 0 Å². The largest absolute Gasteiger partial charge is 0.481 e. The lowest BCUT2D eigenvalue weighted by molar-refractivity contribution is -0.127. The van der Waals surface area contributed by atoms with Crippen LogP contribution in [-0.4, -0.2) is 18.6 Å². The van der Waals surface area contributed by atoms with E-state index in [9.17, 15) is 4.79 Å². The molecule has 3 aromatic rings. The van der Waals surface area contributed by atoms with Gasteiger partial charge in [0.05, 0.1) is 0 Å². The summed E-state index contributed by atoms with van der Waals surface area (Å²) >= 11 is 0. The van der Waals surface area contributed by atoms with Crippen molar-refractivity contribution in [2.75, 3.05) is 6.54 Å². The quantitative estimate of drug-likeness (QED) is 0.564. The third-order valence-corrected chi connectivity index (χ3v) is 5.83. The van der Waals surface area contributed by atoms with Gasteiger partial charge < -0.3 is 10.1 Å². The number of carbonyl (C=O) groups is 1. The SMILES string of the molecule is CC(Oc1cccc2c1CCCC2)C(=O)NCCCc1cccc2ccccc12. The standard InChI is InChI=1S/C26H29NO2/c1-19(29-25-17-7-13-22-10-3-5-16-24(22)25)26(28)27-18-8-14-21-12-6-11-20-9-2-4-15-23(20)21/h2,4,6-7,9,11-13,15,17,19H,3,5,8,10,14,16,18H2,1H3,(H,27,28). The third-order valence-electron chi connectivity index (χ3n) is 5.83. The Balaban J connectivity index is 1.29. The number of carbonyl (C=O) groups excluding carboxylic acids is 1. The zero-order valence-corrected chi connectivity index (χ0v) is 17.1. The first-order valence-electron chi connectivity index (χ1n) is 10.7. The molecule has 0 bridgehead atoms. The molecule has 29 heavy (non-hydrogen) atoms. The van der Waals surface area contributed by atoms with Crippen molar-refractivity contribution in [3.63, 3.8) is 0 Å². The molecule has 4 rings (SSSR count). The van der Waals surface area contributed by atoms with Crippen molar-refractivity contribution in [3.05, 3.63) is 77.4 Å². The molecule has 3 nitrogen and oxygen atoms in total. The molecular weight excluding hydrogens is 358 g/mol. The Morgan fingerprint density at radius 2 is 1.79 bits per heavy atom. The number of hydrogen-bond acceptors (Lipinski definition) is 2. The molecule has 1 N–H and O–H groups in total. The summed E-state index contributed by atoms with van der Waals surface area (Å²) in [6, 6.07) is 21.1. The molecule has 0 saturated heterocycles. The Labute approximate surface area is 173 Å². The third kappa shape index (κ3) is 4.61. The van der Waals surface area contributed by atoms with Gasteiger partial charge in [-0.1, -0.05) is 54.6 Å². The van der Waals surface area contributed by atoms with Gasteiger partial charge in [0.2, 0.25) is 0 Å². The van der Waals surface area contributed by atoms with E-state index in [1.807, 2.05) is 19.1 Å². The molecule has 1 atom stereocenters. The Kier molecular flexibility index (Phi) is 6.14. The summed E-state index contributed by atoms with van der Waals surface area (Å²) in [5.74, 6) is 0.830. The van der Waals surface area contributed by atoms with Crippen LogP contribution in [0.15, 0.2) is 60.7 Å². The van der Waals surface area contributed by atoms with Crippen molar-refractivity contribution in [2.24, 2.45) is 0 Å². The molecule has 0 heterocycles. The van der Waals surface area contributed by atoms with E-state index in [-0.39, 0.29) is 5.91 Å². The Morgan fingerprint density at radius 1 is 1.00 bits per heavy atom. The lowest BCUT2D eigenvalue weighted by Gasteiger charge is -2.22. The van der Waals surface area contributed by atoms with Crippen LogP contribution in [0.2, 0.25) is 0 Å². The van der Waals surface area contributed by atoms with Crippen LogP contribution in [0.3, 0.4) is 0 Å². The molecule has 0 saturated carbocycles. The van der Waals surface area contributed by atoms with Crippen molar-refractivity contribution in [1.29, 1.82) is 0 Å². The molecule has 0 spiro atoms. The molecule has 1 amide bonds. The number of nitrogens with one attached hydrogen (secondary N) is 1. The van der Waals surface area contributed by atoms with E-state index in [4.69, 9.17) is 4.74 Å². The van der Waals surface area contributed by atoms with Crippen molar-refractivity contribution in [2.45, 2.75) is 51.6 Å². The minimum atomic E-state index is -0.485. The van der Waals surface area contributed by atoms with E-state index in [0.29, 0.717) is 6.54 Å². The second kappa shape index (κ2) is 9.13. The van der Waals surface area contributed by atoms with Gasteiger partial charge in [-0.3, -0.25) is 4.79 Å². The number of aryl methyl sites for hydroxylation is 2. The summed E-state index contributed by atoms with van der Waals surface area (Å²) in [5.41, 5.74) is 3.99. The van der Waals surface area contributed by atoms with Gasteiger partial charge in [-0.05, 0) is 79.0 Å². The van der Waals surface area contributed by atoms with Crippen LogP contribution in [-0.2, 0) is 24.1 Å². The molecule has 0 aliphatic heterocycles. The van der Waals surface area contributed by atoms with Crippen LogP contribution in [0.25, 0.3) is 10.8 Å². The molecule has 1 aliphatic carbocycles. The molecule has 0 radical (unpaired) electrons. The maximum Gasteiger partial charge on any atom is 0.260 e. The topological polar surface area (TPSA) is 38.3 Å². The predicted molar refractivity (Wildman–Crippen MR) is 118 cm³/mol. The smallest absolute Gasteiger partial charge is 0.260 e. The molecular formula is C26H29NO2. The molecule has 0 fully saturated rings. The summed E-state index contributed by atoms with van der Waals surface area (Å²) in [4.78, 5) is 12.5. The van der Waals surface area contributed by atoms with Gasteiger partial charge in [-0.25, -0.2) is 0 Å². The summed E-state index contributed by atoms with van der Waals surface area (Å²) in [5, 5.41) is 5.60. The van der Waals surface area contributed by atoms with Gasteiger partial charge >= 0.3 is 0 Å². The van der Waals surface area contributed by atoms with Crippen LogP contribution < -0.4 is 10.1 Å². The number of ether oxygens (including phenoxy) is 1. The number of amides is 1. The maximum atomic E-state index is 12.5. The van der Waals surface area contributed by atoms with Crippen LogP contribution >= 0.6 is 0 Å². The van der Waals surface area contributed by atoms with E-state index < -0.39 is 6.10 Å². The van der Waals surface area contributed by atoms with Crippen molar-refractivity contribution < 1.29 is 9.53 Å². The minimum absolute atomic E-state index is 0.0451. The van der Waals surface area contributed by atoms with E-state index >= 15 is 0 Å². The highest BCUT2D eigenvalue weighted by Crippen LogP contribution is 2.30. The van der Waals surface area contributed by atoms with E-state index in [0.717, 1.165) is 31.4 Å². The monoisotopic (exact) mass is 387 g/mol. The number of benzene rings is 3. The second-order valence-electron chi connectivity index (χ2n) is 7.89. The Morgan fingerprint density at radius 3 is 2.72 bits per heavy atom. The average Bonchev–Trinajstić information content (AvgIpc) is 2.77. The molecule has 150 valence electrons. The average molecular weight is 388 g/mol. The molecule has 0 aromatic heterocycles. The zero-order valence-electron chi connectivity index (χ0n) is 17.1. The second-order valence-corrected chi connectivity index (χ2v) is 7.89. The Bertz CT molecular complexity index is 990. The summed E-state index contributed by atoms with van der Waals surface area (Å²) in [6.45, 7) is 2.49. The fourth-order valence-corrected chi connectivity index (χ4v) is 4.25. The number of fused-ring (bicyclic) bond motifs is 2. The van der Waals surface area contributed by atoms with Gasteiger partial charge in [0.15, 0.2) is 6.10 Å². The van der Waals surface area contributed by atoms with Gasteiger partial charge in [-0.15, -0.1) is 0 Å². The highest BCUT2D eigenvalue weighted by atomic mass is 16.5. The van der Waals surface area contributed by atoms with Crippen molar-refractivity contribution in [3.8, 4) is 5.75 Å². The molecule has 1 unspecified atom stereocenters. The van der Waals surface area contributed by atoms with Crippen molar-refractivity contribution in [1.82, 2.24) is 5.32 Å². The van der Waals surface area contributed by atoms with Crippen LogP contribution in [0, 0.1) is 0 Å². The number of hydrogen-bond donors (Lipinski definition) is 1. The van der Waals surface area contributed by atoms with Gasteiger partial charge in [0.1, 0.15) is 5.75 Å². The summed E-state index contributed by atoms with van der Waals surface area (Å²) in [6.07, 6.45) is 5.97. The number of rotatable bonds is 7. The van der Waals surface area contributed by atoms with Crippen molar-refractivity contribution >= 4 is 16.7 Å². The minimum Gasteiger partial charge on any atom is -0.481 e. The van der Waals surface area contributed by atoms with E-state index in [1.54, 1.807) is 0 Å². The fraction of sp³-hybridized carbons (Fsp3) is 0.346. The van der Waals surface area contributed by atoms with Crippen LogP contribution in [0.1, 0.15) is 42.9 Å².